The molecule has 1 saturated carbocycles. The van der Waals surface area contributed by atoms with Gasteiger partial charge in [-0.15, -0.1) is 0 Å². The van der Waals surface area contributed by atoms with Crippen LogP contribution in [0.1, 0.15) is 26.2 Å². The van der Waals surface area contributed by atoms with Crippen molar-refractivity contribution in [3.05, 3.63) is 0 Å². The molecule has 0 aromatic rings. The molecule has 4 nitrogen and oxygen atoms in total. The van der Waals surface area contributed by atoms with Crippen LogP contribution in [0.15, 0.2) is 0 Å². The van der Waals surface area contributed by atoms with Gasteiger partial charge in [-0.2, -0.15) is 0 Å². The van der Waals surface area contributed by atoms with E-state index in [-0.39, 0.29) is 5.92 Å². The van der Waals surface area contributed by atoms with Gasteiger partial charge in [-0.3, -0.25) is 0 Å². The molecule has 4 heteroatoms. The zero-order valence-electron chi connectivity index (χ0n) is 9.07. The normalized spacial score (nSPS) is 30.1. The minimum atomic E-state index is -0.970. The molecule has 86 valence electrons. The first kappa shape index (κ1) is 10.9. The molecule has 0 aromatic heterocycles. The van der Waals surface area contributed by atoms with Crippen LogP contribution in [0.2, 0.25) is 0 Å². The molecular formula is C11H18O4. The maximum absolute atomic E-state index is 11.2. The van der Waals surface area contributed by atoms with Gasteiger partial charge in [0.25, 0.3) is 0 Å². The van der Waals surface area contributed by atoms with Crippen LogP contribution < -0.4 is 0 Å². The van der Waals surface area contributed by atoms with E-state index < -0.39 is 11.6 Å². The molecule has 0 aromatic carbocycles. The Labute approximate surface area is 89.6 Å². The predicted octanol–water partition coefficient (Wildman–Crippen LogP) is 1.29. The molecule has 2 aliphatic rings. The highest BCUT2D eigenvalue weighted by Gasteiger charge is 2.49. The van der Waals surface area contributed by atoms with E-state index in [4.69, 9.17) is 14.6 Å². The molecule has 15 heavy (non-hydrogen) atoms. The molecule has 2 rings (SSSR count). The van der Waals surface area contributed by atoms with Crippen molar-refractivity contribution in [2.45, 2.75) is 31.8 Å². The van der Waals surface area contributed by atoms with Crippen LogP contribution in [0.25, 0.3) is 0 Å². The van der Waals surface area contributed by atoms with E-state index in [1.54, 1.807) is 6.92 Å². The summed E-state index contributed by atoms with van der Waals surface area (Å²) in [6.07, 6.45) is 2.94. The number of aliphatic carboxylic acids is 1. The first-order valence-corrected chi connectivity index (χ1v) is 5.58. The van der Waals surface area contributed by atoms with Gasteiger partial charge in [-0.25, -0.2) is 4.79 Å². The fourth-order valence-electron chi connectivity index (χ4n) is 1.99. The molecule has 2 atom stereocenters. The third kappa shape index (κ3) is 2.32. The van der Waals surface area contributed by atoms with Crippen LogP contribution in [-0.4, -0.2) is 36.5 Å². The SMILES string of the molecule is CC(OCC1CCOC1)(C(=O)O)C1CC1. The summed E-state index contributed by atoms with van der Waals surface area (Å²) < 4.78 is 10.9. The maximum atomic E-state index is 11.2. The summed E-state index contributed by atoms with van der Waals surface area (Å²) >= 11 is 0. The van der Waals surface area contributed by atoms with Crippen molar-refractivity contribution in [2.75, 3.05) is 19.8 Å². The number of hydrogen-bond acceptors (Lipinski definition) is 3. The topological polar surface area (TPSA) is 55.8 Å². The monoisotopic (exact) mass is 214 g/mol. The quantitative estimate of drug-likeness (QED) is 0.749. The van der Waals surface area contributed by atoms with Crippen LogP contribution in [0.3, 0.4) is 0 Å². The number of ether oxygens (including phenoxy) is 2. The lowest BCUT2D eigenvalue weighted by Gasteiger charge is -2.26. The van der Waals surface area contributed by atoms with Crippen molar-refractivity contribution >= 4 is 5.97 Å². The highest BCUT2D eigenvalue weighted by molar-refractivity contribution is 5.77. The number of rotatable bonds is 5. The second kappa shape index (κ2) is 4.10. The minimum Gasteiger partial charge on any atom is -0.479 e. The summed E-state index contributed by atoms with van der Waals surface area (Å²) in [5.41, 5.74) is -0.970. The van der Waals surface area contributed by atoms with Gasteiger partial charge >= 0.3 is 5.97 Å². The van der Waals surface area contributed by atoms with Gasteiger partial charge in [0, 0.05) is 12.5 Å². The van der Waals surface area contributed by atoms with Gasteiger partial charge in [0.15, 0.2) is 5.60 Å². The zero-order valence-corrected chi connectivity index (χ0v) is 9.07. The fraction of sp³-hybridized carbons (Fsp3) is 0.909. The van der Waals surface area contributed by atoms with Crippen molar-refractivity contribution in [3.63, 3.8) is 0 Å². The minimum absolute atomic E-state index is 0.206. The molecule has 1 aliphatic carbocycles. The first-order chi connectivity index (χ1) is 7.13. The fourth-order valence-corrected chi connectivity index (χ4v) is 1.99. The van der Waals surface area contributed by atoms with Crippen molar-refractivity contribution in [2.24, 2.45) is 11.8 Å². The Morgan fingerprint density at radius 3 is 2.73 bits per heavy atom. The Bertz CT molecular complexity index is 243. The second-order valence-corrected chi connectivity index (χ2v) is 4.73. The lowest BCUT2D eigenvalue weighted by atomic mass is 10.00. The van der Waals surface area contributed by atoms with E-state index in [2.05, 4.69) is 0 Å². The summed E-state index contributed by atoms with van der Waals surface area (Å²) in [7, 11) is 0. The molecule has 2 fully saturated rings. The van der Waals surface area contributed by atoms with Crippen LogP contribution in [0.4, 0.5) is 0 Å². The Hall–Kier alpha value is -0.610. The molecule has 1 heterocycles. The highest BCUT2D eigenvalue weighted by atomic mass is 16.5. The third-order valence-corrected chi connectivity index (χ3v) is 3.42. The van der Waals surface area contributed by atoms with Crippen LogP contribution in [0, 0.1) is 11.8 Å². The van der Waals surface area contributed by atoms with Gasteiger partial charge in [-0.1, -0.05) is 0 Å². The smallest absolute Gasteiger partial charge is 0.335 e. The van der Waals surface area contributed by atoms with Gasteiger partial charge < -0.3 is 14.6 Å². The van der Waals surface area contributed by atoms with E-state index >= 15 is 0 Å². The van der Waals surface area contributed by atoms with Gasteiger partial charge in [0.2, 0.25) is 0 Å². The van der Waals surface area contributed by atoms with E-state index in [1.807, 2.05) is 0 Å². The summed E-state index contributed by atoms with van der Waals surface area (Å²) in [5.74, 6) is -0.247. The zero-order chi connectivity index (χ0) is 10.9. The van der Waals surface area contributed by atoms with Crippen molar-refractivity contribution in [1.29, 1.82) is 0 Å². The lowest BCUT2D eigenvalue weighted by Crippen LogP contribution is -2.42. The molecule has 1 aliphatic heterocycles. The first-order valence-electron chi connectivity index (χ1n) is 5.58. The molecule has 0 bridgehead atoms. The standard InChI is InChI=1S/C11H18O4/c1-11(10(12)13,9-2-3-9)15-7-8-4-5-14-6-8/h8-9H,2-7H2,1H3,(H,12,13). The summed E-state index contributed by atoms with van der Waals surface area (Å²) in [4.78, 5) is 11.2. The van der Waals surface area contributed by atoms with Gasteiger partial charge in [-0.05, 0) is 32.1 Å². The van der Waals surface area contributed by atoms with E-state index in [9.17, 15) is 4.79 Å². The number of carboxylic acid groups (broad SMARTS) is 1. The molecule has 0 amide bonds. The summed E-state index contributed by atoms with van der Waals surface area (Å²) in [6, 6.07) is 0. The number of hydrogen-bond donors (Lipinski definition) is 1. The van der Waals surface area contributed by atoms with Crippen molar-refractivity contribution in [1.82, 2.24) is 0 Å². The van der Waals surface area contributed by atoms with Gasteiger partial charge in [0.1, 0.15) is 0 Å². The molecule has 0 spiro atoms. The maximum Gasteiger partial charge on any atom is 0.335 e. The Kier molecular flexibility index (Phi) is 2.98. The predicted molar refractivity (Wildman–Crippen MR) is 53.6 cm³/mol. The molecule has 2 unspecified atom stereocenters. The third-order valence-electron chi connectivity index (χ3n) is 3.42. The summed E-state index contributed by atoms with van der Waals surface area (Å²) in [6.45, 7) is 3.70. The second-order valence-electron chi connectivity index (χ2n) is 4.73. The van der Waals surface area contributed by atoms with Crippen molar-refractivity contribution in [3.8, 4) is 0 Å². The molecular weight excluding hydrogens is 196 g/mol. The molecule has 1 N–H and O–H groups in total. The van der Waals surface area contributed by atoms with E-state index in [0.717, 1.165) is 25.9 Å². The highest BCUT2D eigenvalue weighted by Crippen LogP contribution is 2.42. The molecule has 0 radical (unpaired) electrons. The van der Waals surface area contributed by atoms with Gasteiger partial charge in [0.05, 0.1) is 13.2 Å². The molecule has 1 saturated heterocycles. The Morgan fingerprint density at radius 1 is 1.53 bits per heavy atom. The van der Waals surface area contributed by atoms with Crippen LogP contribution in [0.5, 0.6) is 0 Å². The average molecular weight is 214 g/mol. The largest absolute Gasteiger partial charge is 0.479 e. The Balaban J connectivity index is 1.86. The summed E-state index contributed by atoms with van der Waals surface area (Å²) in [5, 5.41) is 9.16. The van der Waals surface area contributed by atoms with Crippen molar-refractivity contribution < 1.29 is 19.4 Å². The van der Waals surface area contributed by atoms with E-state index in [1.165, 1.54) is 0 Å². The Morgan fingerprint density at radius 2 is 2.27 bits per heavy atom. The van der Waals surface area contributed by atoms with E-state index in [0.29, 0.717) is 19.1 Å². The van der Waals surface area contributed by atoms with Crippen LogP contribution >= 0.6 is 0 Å². The lowest BCUT2D eigenvalue weighted by molar-refractivity contribution is -0.168. The van der Waals surface area contributed by atoms with Crippen LogP contribution in [-0.2, 0) is 14.3 Å². The number of carboxylic acids is 1. The average Bonchev–Trinajstić information content (AvgIpc) is 2.93. The number of carbonyl (C=O) groups is 1.